The van der Waals surface area contributed by atoms with Gasteiger partial charge in [-0.25, -0.2) is 9.67 Å². The van der Waals surface area contributed by atoms with Crippen molar-refractivity contribution >= 4 is 11.6 Å². The minimum absolute atomic E-state index is 0.245. The SMILES string of the molecule is CC(C)n1ncnc1COc1cc(Cl)ccc1CN. The van der Waals surface area contributed by atoms with Gasteiger partial charge < -0.3 is 10.5 Å². The van der Waals surface area contributed by atoms with Gasteiger partial charge in [0.25, 0.3) is 0 Å². The molecular formula is C13H17ClN4O. The lowest BCUT2D eigenvalue weighted by molar-refractivity contribution is 0.280. The van der Waals surface area contributed by atoms with Gasteiger partial charge in [-0.3, -0.25) is 0 Å². The van der Waals surface area contributed by atoms with Crippen LogP contribution in [0.2, 0.25) is 5.02 Å². The van der Waals surface area contributed by atoms with Crippen molar-refractivity contribution in [3.05, 3.63) is 40.9 Å². The Balaban J connectivity index is 2.14. The fourth-order valence-corrected chi connectivity index (χ4v) is 1.94. The van der Waals surface area contributed by atoms with Crippen LogP contribution < -0.4 is 10.5 Å². The molecule has 0 radical (unpaired) electrons. The molecule has 5 nitrogen and oxygen atoms in total. The van der Waals surface area contributed by atoms with Crippen molar-refractivity contribution in [3.63, 3.8) is 0 Å². The molecule has 1 aromatic carbocycles. The zero-order chi connectivity index (χ0) is 13.8. The van der Waals surface area contributed by atoms with Gasteiger partial charge in [-0.1, -0.05) is 17.7 Å². The van der Waals surface area contributed by atoms with E-state index in [9.17, 15) is 0 Å². The van der Waals surface area contributed by atoms with E-state index in [2.05, 4.69) is 10.1 Å². The van der Waals surface area contributed by atoms with Crippen LogP contribution in [0, 0.1) is 0 Å². The van der Waals surface area contributed by atoms with Crippen molar-refractivity contribution in [2.24, 2.45) is 5.73 Å². The predicted molar refractivity (Wildman–Crippen MR) is 74.1 cm³/mol. The molecule has 19 heavy (non-hydrogen) atoms. The van der Waals surface area contributed by atoms with Crippen LogP contribution in [0.5, 0.6) is 5.75 Å². The van der Waals surface area contributed by atoms with Gasteiger partial charge in [0, 0.05) is 23.2 Å². The van der Waals surface area contributed by atoms with Gasteiger partial charge in [-0.2, -0.15) is 5.10 Å². The van der Waals surface area contributed by atoms with Gasteiger partial charge in [0.2, 0.25) is 0 Å². The highest BCUT2D eigenvalue weighted by Gasteiger charge is 2.10. The predicted octanol–water partition coefficient (Wildman–Crippen LogP) is 2.55. The zero-order valence-electron chi connectivity index (χ0n) is 11.0. The molecule has 0 spiro atoms. The number of ether oxygens (including phenoxy) is 1. The van der Waals surface area contributed by atoms with Crippen LogP contribution in [-0.4, -0.2) is 14.8 Å². The van der Waals surface area contributed by atoms with E-state index in [-0.39, 0.29) is 6.04 Å². The Hall–Kier alpha value is -1.59. The molecule has 0 aliphatic rings. The van der Waals surface area contributed by atoms with Crippen molar-refractivity contribution in [2.75, 3.05) is 0 Å². The molecule has 1 aromatic heterocycles. The first kappa shape index (κ1) is 13.8. The third-order valence-electron chi connectivity index (χ3n) is 2.74. The molecule has 0 saturated carbocycles. The molecule has 0 unspecified atom stereocenters. The van der Waals surface area contributed by atoms with Crippen molar-refractivity contribution in [2.45, 2.75) is 33.0 Å². The zero-order valence-corrected chi connectivity index (χ0v) is 11.8. The third-order valence-corrected chi connectivity index (χ3v) is 2.98. The summed E-state index contributed by atoms with van der Waals surface area (Å²) in [5.41, 5.74) is 6.59. The first-order valence-corrected chi connectivity index (χ1v) is 6.49. The lowest BCUT2D eigenvalue weighted by Gasteiger charge is -2.12. The summed E-state index contributed by atoms with van der Waals surface area (Å²) < 4.78 is 7.58. The maximum Gasteiger partial charge on any atom is 0.165 e. The van der Waals surface area contributed by atoms with E-state index < -0.39 is 0 Å². The highest BCUT2D eigenvalue weighted by atomic mass is 35.5. The van der Waals surface area contributed by atoms with Crippen molar-refractivity contribution < 1.29 is 4.74 Å². The summed E-state index contributed by atoms with van der Waals surface area (Å²) in [6.45, 7) is 4.83. The summed E-state index contributed by atoms with van der Waals surface area (Å²) in [6.07, 6.45) is 1.53. The van der Waals surface area contributed by atoms with E-state index in [1.54, 1.807) is 12.1 Å². The summed E-state index contributed by atoms with van der Waals surface area (Å²) in [6, 6.07) is 5.67. The number of nitrogens with zero attached hydrogens (tertiary/aromatic N) is 3. The smallest absolute Gasteiger partial charge is 0.165 e. The van der Waals surface area contributed by atoms with Crippen LogP contribution in [0.1, 0.15) is 31.3 Å². The molecule has 1 heterocycles. The van der Waals surface area contributed by atoms with Gasteiger partial charge in [0.15, 0.2) is 5.82 Å². The number of benzene rings is 1. The minimum Gasteiger partial charge on any atom is -0.485 e. The Morgan fingerprint density at radius 1 is 1.42 bits per heavy atom. The molecule has 0 aliphatic heterocycles. The molecule has 0 aliphatic carbocycles. The van der Waals surface area contributed by atoms with Crippen LogP contribution in [0.3, 0.4) is 0 Å². The van der Waals surface area contributed by atoms with Crippen LogP contribution in [0.15, 0.2) is 24.5 Å². The highest BCUT2D eigenvalue weighted by Crippen LogP contribution is 2.24. The largest absolute Gasteiger partial charge is 0.485 e. The second-order valence-corrected chi connectivity index (χ2v) is 4.90. The standard InChI is InChI=1S/C13H17ClN4O/c1-9(2)18-13(16-8-17-18)7-19-12-5-11(14)4-3-10(12)6-15/h3-5,8-9H,6-7,15H2,1-2H3. The number of halogens is 1. The fraction of sp³-hybridized carbons (Fsp3) is 0.385. The minimum atomic E-state index is 0.245. The third kappa shape index (κ3) is 3.24. The summed E-state index contributed by atoms with van der Waals surface area (Å²) in [4.78, 5) is 4.19. The van der Waals surface area contributed by atoms with Crippen molar-refractivity contribution in [1.82, 2.24) is 14.8 Å². The van der Waals surface area contributed by atoms with Gasteiger partial charge in [0.1, 0.15) is 18.7 Å². The number of aromatic nitrogens is 3. The summed E-state index contributed by atoms with van der Waals surface area (Å²) in [7, 11) is 0. The Labute approximate surface area is 117 Å². The van der Waals surface area contributed by atoms with E-state index >= 15 is 0 Å². The summed E-state index contributed by atoms with van der Waals surface area (Å²) >= 11 is 5.96. The molecule has 0 bridgehead atoms. The molecule has 2 N–H and O–H groups in total. The second kappa shape index (κ2) is 6.04. The van der Waals surface area contributed by atoms with E-state index in [0.29, 0.717) is 23.9 Å². The first-order chi connectivity index (χ1) is 9.11. The summed E-state index contributed by atoms with van der Waals surface area (Å²) in [5, 5.41) is 4.79. The molecule has 2 rings (SSSR count). The average molecular weight is 281 g/mol. The van der Waals surface area contributed by atoms with E-state index in [4.69, 9.17) is 22.1 Å². The molecule has 6 heteroatoms. The quantitative estimate of drug-likeness (QED) is 0.914. The summed E-state index contributed by atoms with van der Waals surface area (Å²) in [5.74, 6) is 1.46. The van der Waals surface area contributed by atoms with Crippen LogP contribution in [-0.2, 0) is 13.2 Å². The number of nitrogens with two attached hydrogens (primary N) is 1. The number of hydrogen-bond donors (Lipinski definition) is 1. The normalized spacial score (nSPS) is 11.0. The van der Waals surface area contributed by atoms with Crippen LogP contribution in [0.4, 0.5) is 0 Å². The van der Waals surface area contributed by atoms with E-state index in [1.807, 2.05) is 24.6 Å². The number of rotatable bonds is 5. The number of hydrogen-bond acceptors (Lipinski definition) is 4. The van der Waals surface area contributed by atoms with Gasteiger partial charge in [0.05, 0.1) is 0 Å². The van der Waals surface area contributed by atoms with Crippen molar-refractivity contribution in [3.8, 4) is 5.75 Å². The molecule has 102 valence electrons. The highest BCUT2D eigenvalue weighted by molar-refractivity contribution is 6.30. The average Bonchev–Trinajstić information content (AvgIpc) is 2.85. The first-order valence-electron chi connectivity index (χ1n) is 6.11. The molecule has 0 amide bonds. The van der Waals surface area contributed by atoms with Gasteiger partial charge >= 0.3 is 0 Å². The van der Waals surface area contributed by atoms with E-state index in [1.165, 1.54) is 6.33 Å². The van der Waals surface area contributed by atoms with Crippen LogP contribution in [0.25, 0.3) is 0 Å². The maximum atomic E-state index is 5.96. The molecule has 0 atom stereocenters. The molecule has 0 fully saturated rings. The second-order valence-electron chi connectivity index (χ2n) is 4.46. The lowest BCUT2D eigenvalue weighted by Crippen LogP contribution is -2.11. The Kier molecular flexibility index (Phi) is 4.39. The Morgan fingerprint density at radius 3 is 2.89 bits per heavy atom. The Bertz CT molecular complexity index is 553. The maximum absolute atomic E-state index is 5.96. The van der Waals surface area contributed by atoms with Gasteiger partial charge in [-0.05, 0) is 26.0 Å². The Morgan fingerprint density at radius 2 is 2.21 bits per heavy atom. The monoisotopic (exact) mass is 280 g/mol. The van der Waals surface area contributed by atoms with E-state index in [0.717, 1.165) is 11.4 Å². The molecular weight excluding hydrogens is 264 g/mol. The van der Waals surface area contributed by atoms with Gasteiger partial charge in [-0.15, -0.1) is 0 Å². The van der Waals surface area contributed by atoms with Crippen molar-refractivity contribution in [1.29, 1.82) is 0 Å². The lowest BCUT2D eigenvalue weighted by atomic mass is 10.2. The fourth-order valence-electron chi connectivity index (χ4n) is 1.78. The van der Waals surface area contributed by atoms with Crippen LogP contribution >= 0.6 is 11.6 Å². The topological polar surface area (TPSA) is 66.0 Å². The molecule has 0 saturated heterocycles. The molecule has 2 aromatic rings.